The van der Waals surface area contributed by atoms with Crippen LogP contribution >= 0.6 is 0 Å². The first kappa shape index (κ1) is 19.9. The Morgan fingerprint density at radius 3 is 2.00 bits per heavy atom. The van der Waals surface area contributed by atoms with Crippen LogP contribution in [0.15, 0.2) is 0 Å². The van der Waals surface area contributed by atoms with E-state index in [4.69, 9.17) is 9.84 Å². The lowest BCUT2D eigenvalue weighted by Crippen LogP contribution is -2.27. The standard InChI is InChI=1S/C6H11NO2.2C2H6.CH4O/c1-7-6(8)5-2-3-9-4-5;3*1-2/h5H,2-4H2,1H3,(H,7,8);2*1-2H3;2H,1H3/t5-;;;/m1.../s1. The Morgan fingerprint density at radius 1 is 1.27 bits per heavy atom. The van der Waals surface area contributed by atoms with Crippen molar-refractivity contribution in [1.29, 1.82) is 0 Å². The molecular weight excluding hydrogens is 194 g/mol. The van der Waals surface area contributed by atoms with Gasteiger partial charge in [-0.25, -0.2) is 0 Å². The Kier molecular flexibility index (Phi) is 25.2. The van der Waals surface area contributed by atoms with Crippen molar-refractivity contribution >= 4 is 5.91 Å². The van der Waals surface area contributed by atoms with Gasteiger partial charge in [-0.05, 0) is 6.42 Å². The average molecular weight is 221 g/mol. The van der Waals surface area contributed by atoms with Gasteiger partial charge >= 0.3 is 0 Å². The number of carbonyl (C=O) groups excluding carboxylic acids is 1. The summed E-state index contributed by atoms with van der Waals surface area (Å²) < 4.78 is 5.02. The third-order valence-corrected chi connectivity index (χ3v) is 1.55. The number of aliphatic hydroxyl groups excluding tert-OH is 1. The first-order valence-electron chi connectivity index (χ1n) is 5.58. The number of hydrogen-bond acceptors (Lipinski definition) is 3. The number of ether oxygens (including phenoxy) is 1. The highest BCUT2D eigenvalue weighted by molar-refractivity contribution is 5.78. The van der Waals surface area contributed by atoms with Gasteiger partial charge in [-0.2, -0.15) is 0 Å². The Balaban J connectivity index is -0.000000208. The summed E-state index contributed by atoms with van der Waals surface area (Å²) in [6.07, 6.45) is 0.875. The van der Waals surface area contributed by atoms with Gasteiger partial charge in [-0.15, -0.1) is 0 Å². The average Bonchev–Trinajstić information content (AvgIpc) is 2.89. The van der Waals surface area contributed by atoms with E-state index in [2.05, 4.69) is 5.32 Å². The molecule has 94 valence electrons. The van der Waals surface area contributed by atoms with Crippen LogP contribution in [0.5, 0.6) is 0 Å². The third kappa shape index (κ3) is 11.3. The Morgan fingerprint density at radius 2 is 1.73 bits per heavy atom. The fourth-order valence-corrected chi connectivity index (χ4v) is 0.945. The molecule has 4 nitrogen and oxygen atoms in total. The molecule has 1 rings (SSSR count). The molecule has 0 unspecified atom stereocenters. The minimum atomic E-state index is 0.104. The van der Waals surface area contributed by atoms with E-state index in [1.54, 1.807) is 7.05 Å². The minimum absolute atomic E-state index is 0.104. The molecule has 15 heavy (non-hydrogen) atoms. The Bertz CT molecular complexity index is 112. The lowest BCUT2D eigenvalue weighted by Gasteiger charge is -2.02. The molecule has 0 bridgehead atoms. The van der Waals surface area contributed by atoms with E-state index >= 15 is 0 Å². The maximum atomic E-state index is 10.8. The highest BCUT2D eigenvalue weighted by Crippen LogP contribution is 2.11. The van der Waals surface area contributed by atoms with Crippen molar-refractivity contribution in [2.75, 3.05) is 27.4 Å². The number of aliphatic hydroxyl groups is 1. The van der Waals surface area contributed by atoms with Gasteiger partial charge in [0, 0.05) is 20.8 Å². The second kappa shape index (κ2) is 19.0. The normalized spacial score (nSPS) is 16.9. The molecule has 4 heteroatoms. The number of hydrogen-bond donors (Lipinski definition) is 2. The van der Waals surface area contributed by atoms with E-state index in [9.17, 15) is 4.79 Å². The second-order valence-corrected chi connectivity index (χ2v) is 2.17. The van der Waals surface area contributed by atoms with Gasteiger partial charge in [-0.3, -0.25) is 4.79 Å². The van der Waals surface area contributed by atoms with Crippen LogP contribution < -0.4 is 5.32 Å². The number of nitrogens with one attached hydrogen (secondary N) is 1. The van der Waals surface area contributed by atoms with Gasteiger partial charge < -0.3 is 15.2 Å². The lowest BCUT2D eigenvalue weighted by molar-refractivity contribution is -0.124. The molecule has 0 spiro atoms. The first-order chi connectivity index (χ1) is 7.34. The van der Waals surface area contributed by atoms with Crippen molar-refractivity contribution in [2.24, 2.45) is 5.92 Å². The third-order valence-electron chi connectivity index (χ3n) is 1.55. The smallest absolute Gasteiger partial charge is 0.225 e. The molecule has 0 aliphatic carbocycles. The van der Waals surface area contributed by atoms with Crippen LogP contribution in [0.4, 0.5) is 0 Å². The van der Waals surface area contributed by atoms with E-state index in [1.807, 2.05) is 27.7 Å². The van der Waals surface area contributed by atoms with E-state index in [1.165, 1.54) is 0 Å². The van der Waals surface area contributed by atoms with Crippen molar-refractivity contribution in [3.63, 3.8) is 0 Å². The predicted molar refractivity (Wildman–Crippen MR) is 63.8 cm³/mol. The summed E-state index contributed by atoms with van der Waals surface area (Å²) in [5, 5.41) is 9.59. The molecule has 0 aromatic rings. The molecule has 0 aromatic heterocycles. The molecule has 1 saturated heterocycles. The Labute approximate surface area is 94.0 Å². The maximum Gasteiger partial charge on any atom is 0.225 e. The monoisotopic (exact) mass is 221 g/mol. The summed E-state index contributed by atoms with van der Waals surface area (Å²) >= 11 is 0. The topological polar surface area (TPSA) is 58.6 Å². The number of carbonyl (C=O) groups is 1. The zero-order valence-electron chi connectivity index (χ0n) is 11.0. The van der Waals surface area contributed by atoms with Crippen molar-refractivity contribution in [3.8, 4) is 0 Å². The summed E-state index contributed by atoms with van der Waals surface area (Å²) in [6, 6.07) is 0. The van der Waals surface area contributed by atoms with Crippen molar-refractivity contribution in [1.82, 2.24) is 5.32 Å². The zero-order chi connectivity index (χ0) is 12.7. The number of rotatable bonds is 1. The summed E-state index contributed by atoms with van der Waals surface area (Å²) in [4.78, 5) is 10.8. The van der Waals surface area contributed by atoms with E-state index < -0.39 is 0 Å². The Hall–Kier alpha value is -0.610. The van der Waals surface area contributed by atoms with E-state index in [-0.39, 0.29) is 11.8 Å². The largest absolute Gasteiger partial charge is 0.400 e. The van der Waals surface area contributed by atoms with Gasteiger partial charge in [0.15, 0.2) is 0 Å². The van der Waals surface area contributed by atoms with Crippen molar-refractivity contribution in [2.45, 2.75) is 34.1 Å². The molecular formula is C11H27NO3. The van der Waals surface area contributed by atoms with Crippen LogP contribution in [-0.2, 0) is 9.53 Å². The highest BCUT2D eigenvalue weighted by Gasteiger charge is 2.21. The first-order valence-corrected chi connectivity index (χ1v) is 5.58. The van der Waals surface area contributed by atoms with Crippen molar-refractivity contribution in [3.05, 3.63) is 0 Å². The van der Waals surface area contributed by atoms with E-state index in [0.717, 1.165) is 20.1 Å². The molecule has 1 fully saturated rings. The van der Waals surface area contributed by atoms with Crippen LogP contribution in [0.3, 0.4) is 0 Å². The van der Waals surface area contributed by atoms with Gasteiger partial charge in [0.1, 0.15) is 0 Å². The van der Waals surface area contributed by atoms with Crippen LogP contribution in [-0.4, -0.2) is 38.4 Å². The number of amides is 1. The van der Waals surface area contributed by atoms with Gasteiger partial charge in [0.2, 0.25) is 5.91 Å². The molecule has 0 saturated carbocycles. The molecule has 1 aliphatic rings. The summed E-state index contributed by atoms with van der Waals surface area (Å²) in [6.45, 7) is 9.33. The van der Waals surface area contributed by atoms with Crippen LogP contribution in [0.2, 0.25) is 0 Å². The van der Waals surface area contributed by atoms with Gasteiger partial charge in [0.05, 0.1) is 12.5 Å². The molecule has 1 atom stereocenters. The van der Waals surface area contributed by atoms with Crippen LogP contribution in [0.25, 0.3) is 0 Å². The zero-order valence-corrected chi connectivity index (χ0v) is 11.0. The van der Waals surface area contributed by atoms with Crippen LogP contribution in [0.1, 0.15) is 34.1 Å². The van der Waals surface area contributed by atoms with Crippen LogP contribution in [0, 0.1) is 5.92 Å². The second-order valence-electron chi connectivity index (χ2n) is 2.17. The summed E-state index contributed by atoms with van der Waals surface area (Å²) in [5.74, 6) is 0.211. The van der Waals surface area contributed by atoms with E-state index in [0.29, 0.717) is 6.61 Å². The molecule has 0 aromatic carbocycles. The maximum absolute atomic E-state index is 10.8. The fourth-order valence-electron chi connectivity index (χ4n) is 0.945. The van der Waals surface area contributed by atoms with Crippen molar-refractivity contribution < 1.29 is 14.6 Å². The minimum Gasteiger partial charge on any atom is -0.400 e. The summed E-state index contributed by atoms with van der Waals surface area (Å²) in [7, 11) is 2.65. The molecule has 1 amide bonds. The quantitative estimate of drug-likeness (QED) is 0.704. The van der Waals surface area contributed by atoms with Gasteiger partial charge in [-0.1, -0.05) is 27.7 Å². The molecule has 0 radical (unpaired) electrons. The molecule has 1 heterocycles. The SMILES string of the molecule is CC.CC.CNC(=O)[C@@H]1CCOC1.CO. The fraction of sp³-hybridized carbons (Fsp3) is 0.909. The molecule has 1 aliphatic heterocycles. The van der Waals surface area contributed by atoms with Gasteiger partial charge in [0.25, 0.3) is 0 Å². The highest BCUT2D eigenvalue weighted by atomic mass is 16.5. The lowest BCUT2D eigenvalue weighted by atomic mass is 10.1. The molecule has 2 N–H and O–H groups in total. The summed E-state index contributed by atoms with van der Waals surface area (Å²) in [5.41, 5.74) is 0. The predicted octanol–water partition coefficient (Wildman–Crippen LogP) is 1.43.